The van der Waals surface area contributed by atoms with E-state index in [2.05, 4.69) is 46.8 Å². The largest absolute Gasteiger partial charge is 0.292 e. The first-order valence-corrected chi connectivity index (χ1v) is 10.9. The Hall–Kier alpha value is -3.27. The van der Waals surface area contributed by atoms with Crippen LogP contribution in [0.2, 0.25) is 0 Å². The third-order valence-corrected chi connectivity index (χ3v) is 6.14. The monoisotopic (exact) mass is 428 g/mol. The van der Waals surface area contributed by atoms with Crippen molar-refractivity contribution in [3.8, 4) is 11.3 Å². The van der Waals surface area contributed by atoms with Crippen molar-refractivity contribution in [2.75, 3.05) is 0 Å². The molecule has 162 valence electrons. The first-order valence-electron chi connectivity index (χ1n) is 10.9. The molecular formula is C28H26F2N2. The van der Waals surface area contributed by atoms with Gasteiger partial charge in [0.25, 0.3) is 0 Å². The van der Waals surface area contributed by atoms with Gasteiger partial charge in [0.2, 0.25) is 0 Å². The number of rotatable bonds is 2. The van der Waals surface area contributed by atoms with Crippen molar-refractivity contribution in [1.29, 1.82) is 0 Å². The van der Waals surface area contributed by atoms with E-state index in [0.717, 1.165) is 38.5 Å². The average Bonchev–Trinajstić information content (AvgIpc) is 3.13. The lowest BCUT2D eigenvalue weighted by molar-refractivity contribution is 0.402. The van der Waals surface area contributed by atoms with Crippen LogP contribution in [0.4, 0.5) is 8.78 Å². The number of hydrogen-bond acceptors (Lipinski definition) is 1. The van der Waals surface area contributed by atoms with Crippen molar-refractivity contribution in [3.63, 3.8) is 0 Å². The topological polar surface area (TPSA) is 17.3 Å². The Morgan fingerprint density at radius 3 is 2.28 bits per heavy atom. The van der Waals surface area contributed by atoms with Crippen LogP contribution in [0.1, 0.15) is 37.5 Å². The normalized spacial score (nSPS) is 12.3. The zero-order chi connectivity index (χ0) is 22.8. The average molecular weight is 429 g/mol. The van der Waals surface area contributed by atoms with E-state index in [4.69, 9.17) is 4.98 Å². The molecule has 5 aromatic rings. The molecule has 32 heavy (non-hydrogen) atoms. The van der Waals surface area contributed by atoms with Crippen molar-refractivity contribution in [2.45, 2.75) is 41.0 Å². The molecule has 0 spiro atoms. The second-order valence-electron chi connectivity index (χ2n) is 9.96. The van der Waals surface area contributed by atoms with Crippen molar-refractivity contribution in [1.82, 2.24) is 9.38 Å². The van der Waals surface area contributed by atoms with Gasteiger partial charge in [0.1, 0.15) is 17.3 Å². The van der Waals surface area contributed by atoms with Crippen LogP contribution in [-0.2, 0) is 6.42 Å². The number of nitrogens with zero attached hydrogens (tertiary/aromatic N) is 2. The number of halogens is 2. The van der Waals surface area contributed by atoms with E-state index in [-0.39, 0.29) is 17.0 Å². The standard InChI is InChI=1S/C28H26F2N2/c1-16-7-6-8-17(2)26(16)25-15-31-27-20-10-9-19(29)12-21(20)22-11-18(14-28(3,4)5)23(30)13-24(22)32(25)27/h6-13,15H,14H2,1-5H3. The highest BCUT2D eigenvalue weighted by atomic mass is 19.1. The second kappa shape index (κ2) is 7.13. The van der Waals surface area contributed by atoms with Gasteiger partial charge in [-0.3, -0.25) is 4.40 Å². The molecular weight excluding hydrogens is 402 g/mol. The summed E-state index contributed by atoms with van der Waals surface area (Å²) in [6.07, 6.45) is 2.44. The van der Waals surface area contributed by atoms with Gasteiger partial charge in [0.05, 0.1) is 17.4 Å². The fraction of sp³-hybridized carbons (Fsp3) is 0.250. The fourth-order valence-electron chi connectivity index (χ4n) is 4.83. The van der Waals surface area contributed by atoms with Gasteiger partial charge in [-0.1, -0.05) is 39.0 Å². The van der Waals surface area contributed by atoms with Crippen molar-refractivity contribution >= 4 is 27.3 Å². The SMILES string of the molecule is Cc1cccc(C)c1-c1cnc2c3ccc(F)cc3c3cc(CC(C)(C)C)c(F)cc3n12. The van der Waals surface area contributed by atoms with E-state index in [1.54, 1.807) is 12.1 Å². The summed E-state index contributed by atoms with van der Waals surface area (Å²) in [5.74, 6) is -0.558. The lowest BCUT2D eigenvalue weighted by atomic mass is 9.87. The van der Waals surface area contributed by atoms with E-state index in [1.807, 2.05) is 22.7 Å². The number of fused-ring (bicyclic) bond motifs is 6. The molecule has 0 amide bonds. The molecule has 0 fully saturated rings. The Morgan fingerprint density at radius 1 is 0.875 bits per heavy atom. The minimum atomic E-state index is -0.314. The maximum absolute atomic E-state index is 15.3. The van der Waals surface area contributed by atoms with Crippen LogP contribution in [0.3, 0.4) is 0 Å². The van der Waals surface area contributed by atoms with Crippen molar-refractivity contribution in [3.05, 3.63) is 83.1 Å². The van der Waals surface area contributed by atoms with E-state index in [0.29, 0.717) is 23.1 Å². The molecule has 2 heterocycles. The summed E-state index contributed by atoms with van der Waals surface area (Å²) in [4.78, 5) is 4.71. The van der Waals surface area contributed by atoms with Gasteiger partial charge in [0.15, 0.2) is 0 Å². The summed E-state index contributed by atoms with van der Waals surface area (Å²) in [6, 6.07) is 14.4. The lowest BCUT2D eigenvalue weighted by Gasteiger charge is -2.20. The first-order chi connectivity index (χ1) is 15.1. The minimum absolute atomic E-state index is 0.0713. The van der Waals surface area contributed by atoms with Gasteiger partial charge in [-0.05, 0) is 78.1 Å². The molecule has 0 saturated heterocycles. The zero-order valence-electron chi connectivity index (χ0n) is 19.1. The highest BCUT2D eigenvalue weighted by Crippen LogP contribution is 2.37. The molecule has 0 aliphatic carbocycles. The minimum Gasteiger partial charge on any atom is -0.292 e. The number of aromatic nitrogens is 2. The Labute approximate surface area is 186 Å². The maximum atomic E-state index is 15.3. The molecule has 0 aliphatic rings. The Bertz CT molecular complexity index is 1500. The summed E-state index contributed by atoms with van der Waals surface area (Å²) in [5, 5.41) is 2.43. The van der Waals surface area contributed by atoms with Crippen LogP contribution in [-0.4, -0.2) is 9.38 Å². The molecule has 3 aromatic carbocycles. The molecule has 0 aliphatic heterocycles. The maximum Gasteiger partial charge on any atom is 0.145 e. The van der Waals surface area contributed by atoms with Gasteiger partial charge < -0.3 is 0 Å². The fourth-order valence-corrected chi connectivity index (χ4v) is 4.83. The van der Waals surface area contributed by atoms with E-state index < -0.39 is 0 Å². The predicted molar refractivity (Wildman–Crippen MR) is 128 cm³/mol. The van der Waals surface area contributed by atoms with Crippen LogP contribution in [0, 0.1) is 30.9 Å². The summed E-state index contributed by atoms with van der Waals surface area (Å²) < 4.78 is 31.7. The molecule has 4 heteroatoms. The molecule has 0 bridgehead atoms. The second-order valence-corrected chi connectivity index (χ2v) is 9.96. The highest BCUT2D eigenvalue weighted by molar-refractivity contribution is 6.12. The van der Waals surface area contributed by atoms with Crippen LogP contribution >= 0.6 is 0 Å². The van der Waals surface area contributed by atoms with E-state index in [9.17, 15) is 4.39 Å². The van der Waals surface area contributed by atoms with Gasteiger partial charge in [-0.2, -0.15) is 0 Å². The molecule has 2 nitrogen and oxygen atoms in total. The molecule has 0 N–H and O–H groups in total. The van der Waals surface area contributed by atoms with E-state index >= 15 is 4.39 Å². The number of hydrogen-bond donors (Lipinski definition) is 0. The third kappa shape index (κ3) is 3.26. The third-order valence-electron chi connectivity index (χ3n) is 6.14. The van der Waals surface area contributed by atoms with Crippen LogP contribution < -0.4 is 0 Å². The number of pyridine rings is 1. The zero-order valence-corrected chi connectivity index (χ0v) is 19.1. The summed E-state index contributed by atoms with van der Waals surface area (Å²) in [7, 11) is 0. The summed E-state index contributed by atoms with van der Waals surface area (Å²) >= 11 is 0. The highest BCUT2D eigenvalue weighted by Gasteiger charge is 2.20. The van der Waals surface area contributed by atoms with Gasteiger partial charge in [0, 0.05) is 16.3 Å². The molecule has 0 unspecified atom stereocenters. The lowest BCUT2D eigenvalue weighted by Crippen LogP contribution is -2.11. The van der Waals surface area contributed by atoms with Gasteiger partial charge in [-0.25, -0.2) is 13.8 Å². The van der Waals surface area contributed by atoms with Gasteiger partial charge in [-0.15, -0.1) is 0 Å². The number of imidazole rings is 1. The molecule has 0 atom stereocenters. The molecule has 2 aromatic heterocycles. The number of benzene rings is 3. The van der Waals surface area contributed by atoms with Crippen LogP contribution in [0.15, 0.2) is 54.7 Å². The smallest absolute Gasteiger partial charge is 0.145 e. The van der Waals surface area contributed by atoms with E-state index in [1.165, 1.54) is 12.1 Å². The summed E-state index contributed by atoms with van der Waals surface area (Å²) in [6.45, 7) is 10.4. The quantitative estimate of drug-likeness (QED) is 0.262. The first kappa shape index (κ1) is 20.6. The number of aryl methyl sites for hydroxylation is 2. The molecule has 0 saturated carbocycles. The van der Waals surface area contributed by atoms with Crippen molar-refractivity contribution in [2.24, 2.45) is 5.41 Å². The Balaban J connectivity index is 1.97. The Kier molecular flexibility index (Phi) is 4.59. The van der Waals surface area contributed by atoms with Gasteiger partial charge >= 0.3 is 0 Å². The summed E-state index contributed by atoms with van der Waals surface area (Å²) in [5.41, 5.74) is 6.22. The predicted octanol–water partition coefficient (Wildman–Crippen LogP) is 7.79. The molecule has 5 rings (SSSR count). The Morgan fingerprint density at radius 2 is 1.59 bits per heavy atom. The van der Waals surface area contributed by atoms with Crippen LogP contribution in [0.25, 0.3) is 38.6 Å². The molecule has 0 radical (unpaired) electrons. The van der Waals surface area contributed by atoms with Crippen molar-refractivity contribution < 1.29 is 8.78 Å². The van der Waals surface area contributed by atoms with Crippen LogP contribution in [0.5, 0.6) is 0 Å².